The van der Waals surface area contributed by atoms with E-state index in [1.165, 1.54) is 0 Å². The molecule has 0 aromatic heterocycles. The standard InChI is InChI=1S/C15H11ClO/c1-11(13-9-5-6-10-14(13)16)15(17)12-7-3-2-4-8-12/h2-10H,1H2. The molecular formula is C15H11ClO. The van der Waals surface area contributed by atoms with Crippen molar-refractivity contribution >= 4 is 23.0 Å². The Morgan fingerprint density at radius 2 is 1.53 bits per heavy atom. The van der Waals surface area contributed by atoms with Crippen LogP contribution in [0, 0.1) is 0 Å². The highest BCUT2D eigenvalue weighted by atomic mass is 35.5. The van der Waals surface area contributed by atoms with Crippen molar-refractivity contribution in [3.8, 4) is 0 Å². The quantitative estimate of drug-likeness (QED) is 0.581. The van der Waals surface area contributed by atoms with Gasteiger partial charge in [-0.05, 0) is 6.07 Å². The maximum Gasteiger partial charge on any atom is 0.193 e. The second-order valence-electron chi connectivity index (χ2n) is 3.65. The third-order valence-electron chi connectivity index (χ3n) is 2.51. The van der Waals surface area contributed by atoms with E-state index in [0.29, 0.717) is 21.7 Å². The van der Waals surface area contributed by atoms with Gasteiger partial charge >= 0.3 is 0 Å². The molecule has 2 aromatic carbocycles. The first-order valence-corrected chi connectivity index (χ1v) is 5.61. The van der Waals surface area contributed by atoms with Gasteiger partial charge in [-0.3, -0.25) is 4.79 Å². The summed E-state index contributed by atoms with van der Waals surface area (Å²) in [5, 5.41) is 0.543. The average molecular weight is 243 g/mol. The van der Waals surface area contributed by atoms with Crippen LogP contribution in [0.5, 0.6) is 0 Å². The molecule has 0 atom stereocenters. The summed E-state index contributed by atoms with van der Waals surface area (Å²) < 4.78 is 0. The first kappa shape index (κ1) is 11.6. The first-order valence-electron chi connectivity index (χ1n) is 5.23. The minimum atomic E-state index is -0.0984. The van der Waals surface area contributed by atoms with Crippen molar-refractivity contribution in [1.29, 1.82) is 0 Å². The van der Waals surface area contributed by atoms with Crippen LogP contribution in [0.2, 0.25) is 5.02 Å². The summed E-state index contributed by atoms with van der Waals surface area (Å²) in [6, 6.07) is 16.3. The number of hydrogen-bond donors (Lipinski definition) is 0. The highest BCUT2D eigenvalue weighted by Crippen LogP contribution is 2.25. The number of rotatable bonds is 3. The fourth-order valence-electron chi connectivity index (χ4n) is 1.59. The van der Waals surface area contributed by atoms with Crippen LogP contribution in [-0.4, -0.2) is 5.78 Å². The molecule has 2 rings (SSSR count). The molecule has 0 aliphatic heterocycles. The lowest BCUT2D eigenvalue weighted by Gasteiger charge is -2.06. The molecule has 0 aliphatic carbocycles. The number of ketones is 1. The van der Waals surface area contributed by atoms with Gasteiger partial charge in [0.05, 0.1) is 0 Å². The highest BCUT2D eigenvalue weighted by molar-refractivity contribution is 6.36. The van der Waals surface area contributed by atoms with E-state index in [1.54, 1.807) is 24.3 Å². The van der Waals surface area contributed by atoms with Crippen LogP contribution in [-0.2, 0) is 0 Å². The van der Waals surface area contributed by atoms with E-state index >= 15 is 0 Å². The summed E-state index contributed by atoms with van der Waals surface area (Å²) in [7, 11) is 0. The van der Waals surface area contributed by atoms with Crippen molar-refractivity contribution in [2.45, 2.75) is 0 Å². The molecule has 84 valence electrons. The molecule has 0 fully saturated rings. The van der Waals surface area contributed by atoms with Crippen LogP contribution in [0.3, 0.4) is 0 Å². The lowest BCUT2D eigenvalue weighted by molar-refractivity contribution is 0.105. The molecule has 0 saturated carbocycles. The number of allylic oxidation sites excluding steroid dienone is 1. The SMILES string of the molecule is C=C(C(=O)c1ccccc1)c1ccccc1Cl. The van der Waals surface area contributed by atoms with Crippen molar-refractivity contribution in [2.24, 2.45) is 0 Å². The van der Waals surface area contributed by atoms with Crippen LogP contribution in [0.25, 0.3) is 5.57 Å². The van der Waals surface area contributed by atoms with Crippen LogP contribution in [0.15, 0.2) is 61.2 Å². The number of halogens is 1. The maximum atomic E-state index is 12.1. The van der Waals surface area contributed by atoms with Crippen LogP contribution in [0.1, 0.15) is 15.9 Å². The molecule has 0 N–H and O–H groups in total. The van der Waals surface area contributed by atoms with E-state index < -0.39 is 0 Å². The third kappa shape index (κ3) is 2.45. The van der Waals surface area contributed by atoms with Crippen LogP contribution in [0.4, 0.5) is 0 Å². The Hall–Kier alpha value is -1.86. The van der Waals surface area contributed by atoms with Crippen LogP contribution >= 0.6 is 11.6 Å². The molecule has 0 heterocycles. The van der Waals surface area contributed by atoms with Crippen molar-refractivity contribution in [3.63, 3.8) is 0 Å². The minimum Gasteiger partial charge on any atom is -0.289 e. The van der Waals surface area contributed by atoms with E-state index in [0.717, 1.165) is 0 Å². The van der Waals surface area contributed by atoms with Gasteiger partial charge in [0.25, 0.3) is 0 Å². The van der Waals surface area contributed by atoms with E-state index in [9.17, 15) is 4.79 Å². The summed E-state index contributed by atoms with van der Waals surface area (Å²) in [5.41, 5.74) is 1.72. The summed E-state index contributed by atoms with van der Waals surface area (Å²) in [6.07, 6.45) is 0. The van der Waals surface area contributed by atoms with Gasteiger partial charge in [-0.2, -0.15) is 0 Å². The van der Waals surface area contributed by atoms with E-state index in [-0.39, 0.29) is 5.78 Å². The normalized spacial score (nSPS) is 9.94. The molecular weight excluding hydrogens is 232 g/mol. The zero-order chi connectivity index (χ0) is 12.3. The van der Waals surface area contributed by atoms with Crippen molar-refractivity contribution < 1.29 is 4.79 Å². The average Bonchev–Trinajstić information content (AvgIpc) is 2.39. The molecule has 2 aromatic rings. The minimum absolute atomic E-state index is 0.0984. The van der Waals surface area contributed by atoms with Gasteiger partial charge in [-0.1, -0.05) is 66.7 Å². The fourth-order valence-corrected chi connectivity index (χ4v) is 1.84. The Morgan fingerprint density at radius 3 is 2.18 bits per heavy atom. The smallest absolute Gasteiger partial charge is 0.193 e. The van der Waals surface area contributed by atoms with Gasteiger partial charge in [0.15, 0.2) is 5.78 Å². The predicted octanol–water partition coefficient (Wildman–Crippen LogP) is 4.24. The van der Waals surface area contributed by atoms with Crippen molar-refractivity contribution in [2.75, 3.05) is 0 Å². The Labute approximate surface area is 105 Å². The molecule has 0 amide bonds. The molecule has 2 heteroatoms. The second kappa shape index (κ2) is 4.98. The fraction of sp³-hybridized carbons (Fsp3) is 0. The number of Topliss-reactive ketones (excluding diaryl/α,β-unsaturated/α-hetero) is 1. The lowest BCUT2D eigenvalue weighted by Crippen LogP contribution is -2.01. The van der Waals surface area contributed by atoms with E-state index in [2.05, 4.69) is 6.58 Å². The van der Waals surface area contributed by atoms with Gasteiger partial charge in [0.1, 0.15) is 0 Å². The number of hydrogen-bond acceptors (Lipinski definition) is 1. The summed E-state index contributed by atoms with van der Waals surface area (Å²) >= 11 is 6.04. The summed E-state index contributed by atoms with van der Waals surface area (Å²) in [5.74, 6) is -0.0984. The van der Waals surface area contributed by atoms with Gasteiger partial charge in [-0.25, -0.2) is 0 Å². The highest BCUT2D eigenvalue weighted by Gasteiger charge is 2.13. The first-order chi connectivity index (χ1) is 8.20. The molecule has 0 aliphatic rings. The molecule has 0 spiro atoms. The lowest BCUT2D eigenvalue weighted by atomic mass is 9.98. The van der Waals surface area contributed by atoms with Crippen LogP contribution < -0.4 is 0 Å². The molecule has 0 bridgehead atoms. The van der Waals surface area contributed by atoms with E-state index in [1.807, 2.05) is 30.3 Å². The van der Waals surface area contributed by atoms with Gasteiger partial charge in [0, 0.05) is 21.7 Å². The maximum absolute atomic E-state index is 12.1. The molecule has 0 radical (unpaired) electrons. The summed E-state index contributed by atoms with van der Waals surface area (Å²) in [6.45, 7) is 3.83. The molecule has 1 nitrogen and oxygen atoms in total. The number of benzene rings is 2. The zero-order valence-corrected chi connectivity index (χ0v) is 9.95. The van der Waals surface area contributed by atoms with Gasteiger partial charge < -0.3 is 0 Å². The topological polar surface area (TPSA) is 17.1 Å². The zero-order valence-electron chi connectivity index (χ0n) is 9.19. The summed E-state index contributed by atoms with van der Waals surface area (Å²) in [4.78, 5) is 12.1. The molecule has 0 unspecified atom stereocenters. The monoisotopic (exact) mass is 242 g/mol. The third-order valence-corrected chi connectivity index (χ3v) is 2.84. The van der Waals surface area contributed by atoms with Crippen molar-refractivity contribution in [3.05, 3.63) is 77.3 Å². The predicted molar refractivity (Wildman–Crippen MR) is 71.3 cm³/mol. The Kier molecular flexibility index (Phi) is 3.40. The Balaban J connectivity index is 2.34. The number of carbonyl (C=O) groups is 1. The molecule has 0 saturated heterocycles. The van der Waals surface area contributed by atoms with Gasteiger partial charge in [-0.15, -0.1) is 0 Å². The number of carbonyl (C=O) groups excluding carboxylic acids is 1. The Morgan fingerprint density at radius 1 is 0.941 bits per heavy atom. The van der Waals surface area contributed by atoms with Crippen molar-refractivity contribution in [1.82, 2.24) is 0 Å². The largest absolute Gasteiger partial charge is 0.289 e. The molecule has 17 heavy (non-hydrogen) atoms. The second-order valence-corrected chi connectivity index (χ2v) is 4.06. The van der Waals surface area contributed by atoms with Gasteiger partial charge in [0.2, 0.25) is 0 Å². The Bertz CT molecular complexity index is 558. The van der Waals surface area contributed by atoms with E-state index in [4.69, 9.17) is 11.6 Å².